The largest absolute Gasteiger partial charge is 0.420 e. The van der Waals surface area contributed by atoms with E-state index in [4.69, 9.17) is 16.6 Å². The molecule has 142 valence electrons. The molecule has 2 amide bonds. The molecular weight excluding hydrogens is 372 g/mol. The zero-order valence-electron chi connectivity index (χ0n) is 16.0. The monoisotopic (exact) mass is 402 g/mol. The summed E-state index contributed by atoms with van der Waals surface area (Å²) < 4.78 is 6.63. The lowest BCUT2D eigenvalue weighted by Crippen LogP contribution is -2.67. The molecule has 2 aliphatic rings. The van der Waals surface area contributed by atoms with E-state index >= 15 is 0 Å². The van der Waals surface area contributed by atoms with Gasteiger partial charge in [0.05, 0.1) is 17.9 Å². The van der Waals surface area contributed by atoms with Gasteiger partial charge in [-0.2, -0.15) is 0 Å². The lowest BCUT2D eigenvalue weighted by molar-refractivity contribution is -0.148. The van der Waals surface area contributed by atoms with E-state index in [1.54, 1.807) is 16.7 Å². The number of carbonyl (C=O) groups excluding carboxylic acids is 2. The van der Waals surface area contributed by atoms with Crippen molar-refractivity contribution in [2.45, 2.75) is 46.8 Å². The highest BCUT2D eigenvalue weighted by molar-refractivity contribution is 8.23. The Labute approximate surface area is 162 Å². The molecule has 0 aliphatic carbocycles. The van der Waals surface area contributed by atoms with Gasteiger partial charge in [-0.05, 0) is 24.4 Å². The first-order valence-electron chi connectivity index (χ1n) is 8.94. The van der Waals surface area contributed by atoms with Crippen molar-refractivity contribution in [3.8, 4) is 0 Å². The van der Waals surface area contributed by atoms with Crippen LogP contribution in [0.25, 0.3) is 0 Å². The first-order chi connectivity index (χ1) is 11.5. The Morgan fingerprint density at radius 2 is 2.12 bits per heavy atom. The van der Waals surface area contributed by atoms with Gasteiger partial charge in [0.25, 0.3) is 0 Å². The SMILES string of the molecule is C[C@H](C(=O)N1CCSC1=S)[C@H]1NC(=O)[C@H]1[C@@H](CO[SiH](C)C)C(C)(C)C. The Hall–Kier alpha value is -0.443. The molecule has 0 aromatic heterocycles. The van der Waals surface area contributed by atoms with Crippen LogP contribution in [0.4, 0.5) is 0 Å². The van der Waals surface area contributed by atoms with E-state index in [0.717, 1.165) is 5.75 Å². The predicted molar refractivity (Wildman–Crippen MR) is 109 cm³/mol. The van der Waals surface area contributed by atoms with Crippen LogP contribution in [0.2, 0.25) is 13.1 Å². The van der Waals surface area contributed by atoms with E-state index in [2.05, 4.69) is 39.2 Å². The fourth-order valence-corrected chi connectivity index (χ4v) is 5.28. The second-order valence-corrected chi connectivity index (χ2v) is 12.5. The lowest BCUT2D eigenvalue weighted by Gasteiger charge is -2.48. The Kier molecular flexibility index (Phi) is 6.73. The molecule has 2 heterocycles. The third kappa shape index (κ3) is 4.64. The maximum absolute atomic E-state index is 12.8. The Morgan fingerprint density at radius 3 is 2.56 bits per heavy atom. The van der Waals surface area contributed by atoms with Crippen LogP contribution in [0, 0.1) is 23.2 Å². The molecule has 0 aromatic carbocycles. The van der Waals surface area contributed by atoms with Crippen molar-refractivity contribution < 1.29 is 14.0 Å². The van der Waals surface area contributed by atoms with Crippen molar-refractivity contribution in [1.29, 1.82) is 0 Å². The molecule has 8 heteroatoms. The summed E-state index contributed by atoms with van der Waals surface area (Å²) in [5.74, 6) is 0.552. The smallest absolute Gasteiger partial charge is 0.232 e. The summed E-state index contributed by atoms with van der Waals surface area (Å²) in [6.07, 6.45) is 0. The van der Waals surface area contributed by atoms with Gasteiger partial charge >= 0.3 is 0 Å². The van der Waals surface area contributed by atoms with E-state index in [0.29, 0.717) is 17.5 Å². The topological polar surface area (TPSA) is 58.6 Å². The van der Waals surface area contributed by atoms with Crippen LogP contribution in [-0.2, 0) is 14.0 Å². The number of hydrogen-bond acceptors (Lipinski definition) is 5. The molecule has 2 aliphatic heterocycles. The van der Waals surface area contributed by atoms with Crippen LogP contribution < -0.4 is 5.32 Å². The summed E-state index contributed by atoms with van der Waals surface area (Å²) >= 11 is 6.82. The normalized spacial score (nSPS) is 26.4. The van der Waals surface area contributed by atoms with E-state index in [1.165, 1.54) is 0 Å². The number of carbonyl (C=O) groups is 2. The van der Waals surface area contributed by atoms with Gasteiger partial charge in [-0.25, -0.2) is 0 Å². The minimum atomic E-state index is -1.16. The van der Waals surface area contributed by atoms with E-state index in [-0.39, 0.29) is 41.0 Å². The van der Waals surface area contributed by atoms with Crippen molar-refractivity contribution in [3.63, 3.8) is 0 Å². The molecular formula is C17H30N2O3S2Si. The molecule has 4 atom stereocenters. The number of thioether (sulfide) groups is 1. The standard InChI is InChI=1S/C17H30N2O3S2Si/c1-10(15(21)19-7-8-24-16(19)23)13-12(14(20)18-13)11(17(2,3)4)9-22-25(5)6/h10-13,25H,7-9H2,1-6H3,(H,18,20)/t10-,11+,12-,13+/m0/s1. The zero-order chi connectivity index (χ0) is 18.9. The van der Waals surface area contributed by atoms with Gasteiger partial charge in [0, 0.05) is 18.9 Å². The Balaban J connectivity index is 2.13. The molecule has 0 unspecified atom stereocenters. The fourth-order valence-electron chi connectivity index (χ4n) is 3.47. The first-order valence-corrected chi connectivity index (χ1v) is 13.1. The number of β-lactam (4-membered cyclic amide) rings is 1. The summed E-state index contributed by atoms with van der Waals surface area (Å²) in [4.78, 5) is 26.9. The van der Waals surface area contributed by atoms with Crippen molar-refractivity contribution >= 4 is 49.2 Å². The van der Waals surface area contributed by atoms with Crippen LogP contribution in [-0.4, -0.2) is 55.0 Å². The summed E-state index contributed by atoms with van der Waals surface area (Å²) in [6.45, 7) is 13.9. The minimum Gasteiger partial charge on any atom is -0.420 e. The third-order valence-electron chi connectivity index (χ3n) is 5.11. The number of thiocarbonyl (C=S) groups is 1. The maximum atomic E-state index is 12.8. The first kappa shape index (κ1) is 20.9. The molecule has 2 fully saturated rings. The highest BCUT2D eigenvalue weighted by Gasteiger charge is 2.52. The molecule has 1 N–H and O–H groups in total. The minimum absolute atomic E-state index is 0.0248. The number of nitrogens with zero attached hydrogens (tertiary/aromatic N) is 1. The van der Waals surface area contributed by atoms with Crippen LogP contribution in [0.1, 0.15) is 27.7 Å². The van der Waals surface area contributed by atoms with Crippen molar-refractivity contribution in [2.24, 2.45) is 23.2 Å². The second-order valence-electron chi connectivity index (χ2n) is 8.31. The summed E-state index contributed by atoms with van der Waals surface area (Å²) in [7, 11) is -1.16. The second kappa shape index (κ2) is 8.06. The maximum Gasteiger partial charge on any atom is 0.232 e. The fraction of sp³-hybridized carbons (Fsp3) is 0.824. The average Bonchev–Trinajstić information content (AvgIpc) is 2.91. The van der Waals surface area contributed by atoms with E-state index < -0.39 is 9.04 Å². The van der Waals surface area contributed by atoms with E-state index in [9.17, 15) is 9.59 Å². The number of rotatable bonds is 6. The number of hydrogen-bond donors (Lipinski definition) is 1. The van der Waals surface area contributed by atoms with E-state index in [1.807, 2.05) is 6.92 Å². The van der Waals surface area contributed by atoms with Crippen molar-refractivity contribution in [3.05, 3.63) is 0 Å². The molecule has 25 heavy (non-hydrogen) atoms. The van der Waals surface area contributed by atoms with Gasteiger partial charge in [-0.15, -0.1) is 0 Å². The molecule has 0 radical (unpaired) electrons. The quantitative estimate of drug-likeness (QED) is 0.420. The van der Waals surface area contributed by atoms with Gasteiger partial charge < -0.3 is 9.74 Å². The van der Waals surface area contributed by atoms with Crippen molar-refractivity contribution in [1.82, 2.24) is 10.2 Å². The summed E-state index contributed by atoms with van der Waals surface area (Å²) in [5.41, 5.74) is -0.0640. The van der Waals surface area contributed by atoms with Gasteiger partial charge in [0.15, 0.2) is 9.04 Å². The molecule has 0 aromatic rings. The van der Waals surface area contributed by atoms with Crippen molar-refractivity contribution in [2.75, 3.05) is 18.9 Å². The lowest BCUT2D eigenvalue weighted by atomic mass is 9.65. The number of nitrogens with one attached hydrogen (secondary N) is 1. The Morgan fingerprint density at radius 1 is 1.48 bits per heavy atom. The Bertz CT molecular complexity index is 551. The molecule has 5 nitrogen and oxygen atoms in total. The zero-order valence-corrected chi connectivity index (χ0v) is 18.8. The molecule has 0 saturated carbocycles. The predicted octanol–water partition coefficient (Wildman–Crippen LogP) is 2.26. The molecule has 2 saturated heterocycles. The van der Waals surface area contributed by atoms with Crippen LogP contribution >= 0.6 is 24.0 Å². The number of amides is 2. The van der Waals surface area contributed by atoms with Gasteiger partial charge in [0.1, 0.15) is 4.32 Å². The molecule has 0 bridgehead atoms. The third-order valence-corrected chi connectivity index (χ3v) is 7.40. The summed E-state index contributed by atoms with van der Waals surface area (Å²) in [6, 6.07) is -0.143. The van der Waals surface area contributed by atoms with Gasteiger partial charge in [-0.3, -0.25) is 14.5 Å². The molecule has 0 spiro atoms. The highest BCUT2D eigenvalue weighted by Crippen LogP contribution is 2.40. The van der Waals surface area contributed by atoms with Crippen LogP contribution in [0.5, 0.6) is 0 Å². The van der Waals surface area contributed by atoms with Gasteiger partial charge in [-0.1, -0.05) is 51.7 Å². The highest BCUT2D eigenvalue weighted by atomic mass is 32.2. The molecule has 2 rings (SSSR count). The van der Waals surface area contributed by atoms with Crippen LogP contribution in [0.3, 0.4) is 0 Å². The van der Waals surface area contributed by atoms with Crippen LogP contribution in [0.15, 0.2) is 0 Å². The van der Waals surface area contributed by atoms with Gasteiger partial charge in [0.2, 0.25) is 11.8 Å². The summed E-state index contributed by atoms with van der Waals surface area (Å²) in [5, 5.41) is 2.97. The average molecular weight is 403 g/mol.